The van der Waals surface area contributed by atoms with Gasteiger partial charge in [0.15, 0.2) is 0 Å². The molecule has 0 aliphatic carbocycles. The number of nitriles is 1. The lowest BCUT2D eigenvalue weighted by atomic mass is 10.1. The SMILES string of the molecule is CC(C)(CO)N/C=C(/C#N)C(=O)Nc1ccc(N)cc1Cl. The molecule has 0 heterocycles. The van der Waals surface area contributed by atoms with Crippen LogP contribution in [0.1, 0.15) is 13.8 Å². The minimum atomic E-state index is -0.638. The number of carbonyl (C=O) groups excluding carboxylic acids is 1. The molecule has 5 N–H and O–H groups in total. The summed E-state index contributed by atoms with van der Waals surface area (Å²) in [7, 11) is 0. The van der Waals surface area contributed by atoms with E-state index in [-0.39, 0.29) is 17.2 Å². The summed E-state index contributed by atoms with van der Waals surface area (Å²) in [5, 5.41) is 23.7. The smallest absolute Gasteiger partial charge is 0.267 e. The maximum Gasteiger partial charge on any atom is 0.267 e. The fourth-order valence-corrected chi connectivity index (χ4v) is 1.52. The van der Waals surface area contributed by atoms with Crippen molar-refractivity contribution in [1.29, 1.82) is 5.26 Å². The first-order chi connectivity index (χ1) is 9.79. The first-order valence-electron chi connectivity index (χ1n) is 6.14. The van der Waals surface area contributed by atoms with E-state index in [1.165, 1.54) is 12.3 Å². The first-order valence-corrected chi connectivity index (χ1v) is 6.52. The van der Waals surface area contributed by atoms with E-state index in [9.17, 15) is 4.79 Å². The second kappa shape index (κ2) is 6.97. The maximum atomic E-state index is 12.0. The average molecular weight is 309 g/mol. The molecule has 7 heteroatoms. The van der Waals surface area contributed by atoms with Gasteiger partial charge in [0.2, 0.25) is 0 Å². The van der Waals surface area contributed by atoms with Gasteiger partial charge in [-0.1, -0.05) is 11.6 Å². The molecule has 0 unspecified atom stereocenters. The number of carbonyl (C=O) groups is 1. The minimum absolute atomic E-state index is 0.135. The number of aliphatic hydroxyl groups is 1. The lowest BCUT2D eigenvalue weighted by molar-refractivity contribution is -0.112. The van der Waals surface area contributed by atoms with E-state index in [0.29, 0.717) is 11.4 Å². The van der Waals surface area contributed by atoms with Gasteiger partial charge in [0.1, 0.15) is 11.6 Å². The van der Waals surface area contributed by atoms with Gasteiger partial charge in [0.05, 0.1) is 22.9 Å². The molecule has 0 radical (unpaired) electrons. The zero-order chi connectivity index (χ0) is 16.0. The van der Waals surface area contributed by atoms with E-state index < -0.39 is 11.4 Å². The Morgan fingerprint density at radius 3 is 2.76 bits per heavy atom. The maximum absolute atomic E-state index is 12.0. The topological polar surface area (TPSA) is 111 Å². The van der Waals surface area contributed by atoms with Gasteiger partial charge in [0.25, 0.3) is 5.91 Å². The van der Waals surface area contributed by atoms with Crippen LogP contribution in [0.15, 0.2) is 30.0 Å². The molecule has 0 fully saturated rings. The first kappa shape index (κ1) is 16.8. The van der Waals surface area contributed by atoms with Gasteiger partial charge in [-0.3, -0.25) is 4.79 Å². The van der Waals surface area contributed by atoms with Crippen molar-refractivity contribution in [3.63, 3.8) is 0 Å². The van der Waals surface area contributed by atoms with Gasteiger partial charge in [-0.05, 0) is 32.0 Å². The third kappa shape index (κ3) is 4.99. The molecule has 0 saturated heterocycles. The summed E-state index contributed by atoms with van der Waals surface area (Å²) in [6.45, 7) is 3.31. The van der Waals surface area contributed by atoms with Crippen molar-refractivity contribution in [2.24, 2.45) is 0 Å². The number of nitrogens with zero attached hydrogens (tertiary/aromatic N) is 1. The Labute approximate surface area is 128 Å². The Morgan fingerprint density at radius 1 is 1.57 bits per heavy atom. The highest BCUT2D eigenvalue weighted by molar-refractivity contribution is 6.34. The summed E-state index contributed by atoms with van der Waals surface area (Å²) >= 11 is 5.95. The number of hydrogen-bond donors (Lipinski definition) is 4. The van der Waals surface area contributed by atoms with Crippen LogP contribution >= 0.6 is 11.6 Å². The van der Waals surface area contributed by atoms with Crippen LogP contribution in [0.25, 0.3) is 0 Å². The Bertz CT molecular complexity index is 605. The molecule has 1 rings (SSSR count). The van der Waals surface area contributed by atoms with Crippen LogP contribution in [0.3, 0.4) is 0 Å². The van der Waals surface area contributed by atoms with E-state index in [1.807, 2.05) is 0 Å². The van der Waals surface area contributed by atoms with Crippen molar-refractivity contribution in [3.05, 3.63) is 35.0 Å². The van der Waals surface area contributed by atoms with Crippen LogP contribution in [-0.4, -0.2) is 23.2 Å². The van der Waals surface area contributed by atoms with E-state index >= 15 is 0 Å². The Hall–Kier alpha value is -2.23. The van der Waals surface area contributed by atoms with E-state index in [1.54, 1.807) is 32.0 Å². The van der Waals surface area contributed by atoms with Crippen LogP contribution in [-0.2, 0) is 4.79 Å². The van der Waals surface area contributed by atoms with Crippen molar-refractivity contribution in [3.8, 4) is 6.07 Å². The lowest BCUT2D eigenvalue weighted by Gasteiger charge is -2.22. The number of rotatable bonds is 5. The van der Waals surface area contributed by atoms with Crippen LogP contribution in [0.4, 0.5) is 11.4 Å². The molecule has 0 atom stereocenters. The predicted molar refractivity (Wildman–Crippen MR) is 82.5 cm³/mol. The molecule has 0 aromatic heterocycles. The zero-order valence-electron chi connectivity index (χ0n) is 11.8. The molecular formula is C14H17ClN4O2. The fraction of sp³-hybridized carbons (Fsp3) is 0.286. The predicted octanol–water partition coefficient (Wildman–Crippen LogP) is 1.63. The molecule has 1 amide bonds. The second-order valence-corrected chi connectivity index (χ2v) is 5.46. The molecule has 0 spiro atoms. The average Bonchev–Trinajstić information content (AvgIpc) is 2.42. The number of nitrogens with two attached hydrogens (primary N) is 1. The standard InChI is InChI=1S/C14H17ClN4O2/c1-14(2,8-20)18-7-9(6-16)13(21)19-12-4-3-10(17)5-11(12)15/h3-5,7,18,20H,8,17H2,1-2H3,(H,19,21)/b9-7-. The van der Waals surface area contributed by atoms with Gasteiger partial charge in [-0.25, -0.2) is 0 Å². The van der Waals surface area contributed by atoms with Gasteiger partial charge in [-0.2, -0.15) is 5.26 Å². The molecule has 1 aromatic carbocycles. The molecule has 0 aliphatic rings. The zero-order valence-corrected chi connectivity index (χ0v) is 12.5. The number of halogens is 1. The molecule has 0 saturated carbocycles. The van der Waals surface area contributed by atoms with Crippen LogP contribution < -0.4 is 16.4 Å². The van der Waals surface area contributed by atoms with Crippen LogP contribution in [0, 0.1) is 11.3 Å². The van der Waals surface area contributed by atoms with Crippen LogP contribution in [0.5, 0.6) is 0 Å². The van der Waals surface area contributed by atoms with Gasteiger partial charge >= 0.3 is 0 Å². The normalized spacial score (nSPS) is 11.7. The number of amides is 1. The summed E-state index contributed by atoms with van der Waals surface area (Å²) in [5.41, 5.74) is 5.62. The number of aliphatic hydroxyl groups excluding tert-OH is 1. The molecule has 112 valence electrons. The Balaban J connectivity index is 2.85. The molecule has 1 aromatic rings. The number of benzene rings is 1. The van der Waals surface area contributed by atoms with Gasteiger partial charge in [-0.15, -0.1) is 0 Å². The Morgan fingerprint density at radius 2 is 2.24 bits per heavy atom. The third-order valence-corrected chi connectivity index (χ3v) is 2.92. The third-order valence-electron chi connectivity index (χ3n) is 2.61. The van der Waals surface area contributed by atoms with Gasteiger partial charge in [0, 0.05) is 11.9 Å². The summed E-state index contributed by atoms with van der Waals surface area (Å²) in [5.74, 6) is -0.606. The van der Waals surface area contributed by atoms with E-state index in [0.717, 1.165) is 0 Å². The van der Waals surface area contributed by atoms with Crippen molar-refractivity contribution in [1.82, 2.24) is 5.32 Å². The second-order valence-electron chi connectivity index (χ2n) is 5.05. The molecule has 0 aliphatic heterocycles. The highest BCUT2D eigenvalue weighted by Gasteiger charge is 2.16. The van der Waals surface area contributed by atoms with Crippen molar-refractivity contribution >= 4 is 28.9 Å². The van der Waals surface area contributed by atoms with Crippen molar-refractivity contribution < 1.29 is 9.90 Å². The highest BCUT2D eigenvalue weighted by atomic mass is 35.5. The van der Waals surface area contributed by atoms with Crippen LogP contribution in [0.2, 0.25) is 5.02 Å². The largest absolute Gasteiger partial charge is 0.399 e. The summed E-state index contributed by atoms with van der Waals surface area (Å²) in [6.07, 6.45) is 1.26. The lowest BCUT2D eigenvalue weighted by Crippen LogP contribution is -2.39. The van der Waals surface area contributed by atoms with E-state index in [2.05, 4.69) is 10.6 Å². The Kier molecular flexibility index (Phi) is 5.59. The minimum Gasteiger partial charge on any atom is -0.399 e. The molecule has 6 nitrogen and oxygen atoms in total. The summed E-state index contributed by atoms with van der Waals surface area (Å²) in [4.78, 5) is 12.0. The summed E-state index contributed by atoms with van der Waals surface area (Å²) in [6, 6.07) is 6.43. The van der Waals surface area contributed by atoms with Gasteiger partial charge < -0.3 is 21.5 Å². The molecular weight excluding hydrogens is 292 g/mol. The van der Waals surface area contributed by atoms with E-state index in [4.69, 9.17) is 27.7 Å². The fourth-order valence-electron chi connectivity index (χ4n) is 1.28. The van der Waals surface area contributed by atoms with Crippen molar-refractivity contribution in [2.45, 2.75) is 19.4 Å². The quantitative estimate of drug-likeness (QED) is 0.375. The number of anilines is 2. The number of nitrogen functional groups attached to an aromatic ring is 1. The number of nitrogens with one attached hydrogen (secondary N) is 2. The molecule has 0 bridgehead atoms. The van der Waals surface area contributed by atoms with Crippen molar-refractivity contribution in [2.75, 3.05) is 17.7 Å². The summed E-state index contributed by atoms with van der Waals surface area (Å²) < 4.78 is 0. The molecule has 21 heavy (non-hydrogen) atoms. The number of hydrogen-bond acceptors (Lipinski definition) is 5. The monoisotopic (exact) mass is 308 g/mol. The highest BCUT2D eigenvalue weighted by Crippen LogP contribution is 2.24.